The summed E-state index contributed by atoms with van der Waals surface area (Å²) >= 11 is 0. The van der Waals surface area contributed by atoms with E-state index in [9.17, 15) is 0 Å². The monoisotopic (exact) mass is 257 g/mol. The lowest BCUT2D eigenvalue weighted by molar-refractivity contribution is 0.498. The van der Waals surface area contributed by atoms with Crippen LogP contribution in [0.3, 0.4) is 0 Å². The van der Waals surface area contributed by atoms with Crippen molar-refractivity contribution in [3.05, 3.63) is 47.2 Å². The molecule has 0 aliphatic rings. The van der Waals surface area contributed by atoms with Gasteiger partial charge < -0.3 is 9.73 Å². The van der Waals surface area contributed by atoms with Gasteiger partial charge in [-0.15, -0.1) is 0 Å². The molecule has 0 bridgehead atoms. The predicted molar refractivity (Wildman–Crippen MR) is 80.3 cm³/mol. The summed E-state index contributed by atoms with van der Waals surface area (Å²) in [7, 11) is 0. The number of nitrogens with one attached hydrogen (secondary N) is 1. The molecule has 1 heterocycles. The van der Waals surface area contributed by atoms with Crippen molar-refractivity contribution in [1.29, 1.82) is 0 Å². The maximum atomic E-state index is 5.95. The number of hydrogen-bond acceptors (Lipinski definition) is 2. The predicted octanol–water partition coefficient (Wildman–Crippen LogP) is 4.18. The number of rotatable bonds is 6. The van der Waals surface area contributed by atoms with Crippen molar-refractivity contribution in [1.82, 2.24) is 5.32 Å². The van der Waals surface area contributed by atoms with Crippen LogP contribution in [0, 0.1) is 0 Å². The Morgan fingerprint density at radius 3 is 2.53 bits per heavy atom. The van der Waals surface area contributed by atoms with Gasteiger partial charge in [0.2, 0.25) is 0 Å². The zero-order chi connectivity index (χ0) is 13.7. The van der Waals surface area contributed by atoms with Crippen LogP contribution in [0.1, 0.15) is 37.7 Å². The summed E-state index contributed by atoms with van der Waals surface area (Å²) in [5, 5.41) is 3.29. The van der Waals surface area contributed by atoms with E-state index >= 15 is 0 Å². The Labute approximate surface area is 115 Å². The Balaban J connectivity index is 2.31. The fourth-order valence-electron chi connectivity index (χ4n) is 2.25. The van der Waals surface area contributed by atoms with Gasteiger partial charge in [-0.1, -0.05) is 32.9 Å². The van der Waals surface area contributed by atoms with E-state index in [0.29, 0.717) is 0 Å². The molecule has 0 saturated heterocycles. The lowest BCUT2D eigenvalue weighted by Crippen LogP contribution is -2.10. The fraction of sp³-hybridized carbons (Fsp3) is 0.412. The molecule has 0 unspecified atom stereocenters. The van der Waals surface area contributed by atoms with Crippen molar-refractivity contribution >= 4 is 0 Å². The van der Waals surface area contributed by atoms with E-state index < -0.39 is 0 Å². The minimum absolute atomic E-state index is 0.797. The van der Waals surface area contributed by atoms with E-state index in [1.54, 1.807) is 0 Å². The van der Waals surface area contributed by atoms with Gasteiger partial charge in [-0.3, -0.25) is 0 Å². The van der Waals surface area contributed by atoms with Crippen LogP contribution in [-0.2, 0) is 19.4 Å². The first-order valence-corrected chi connectivity index (χ1v) is 7.20. The molecule has 0 fully saturated rings. The van der Waals surface area contributed by atoms with Crippen molar-refractivity contribution in [2.45, 2.75) is 40.2 Å². The highest BCUT2D eigenvalue weighted by Gasteiger charge is 2.09. The SMILES string of the molecule is CCNCc1ccc(-c2cc(CC)ccc2CC)o1. The Kier molecular flexibility index (Phi) is 4.80. The maximum absolute atomic E-state index is 5.95. The molecule has 1 aromatic carbocycles. The third kappa shape index (κ3) is 3.27. The summed E-state index contributed by atoms with van der Waals surface area (Å²) in [6.07, 6.45) is 2.09. The van der Waals surface area contributed by atoms with E-state index in [1.807, 2.05) is 0 Å². The Morgan fingerprint density at radius 2 is 1.84 bits per heavy atom. The molecule has 19 heavy (non-hydrogen) atoms. The van der Waals surface area contributed by atoms with Crippen LogP contribution in [0.15, 0.2) is 34.7 Å². The second-order valence-electron chi connectivity index (χ2n) is 4.74. The minimum Gasteiger partial charge on any atom is -0.460 e. The first-order chi connectivity index (χ1) is 9.28. The molecular formula is C17H23NO. The summed E-state index contributed by atoms with van der Waals surface area (Å²) in [5.41, 5.74) is 3.95. The van der Waals surface area contributed by atoms with Crippen molar-refractivity contribution in [2.75, 3.05) is 6.54 Å². The molecule has 0 atom stereocenters. The molecule has 2 heteroatoms. The topological polar surface area (TPSA) is 25.2 Å². The Morgan fingerprint density at radius 1 is 1.00 bits per heavy atom. The van der Waals surface area contributed by atoms with Gasteiger partial charge in [-0.2, -0.15) is 0 Å². The summed E-state index contributed by atoms with van der Waals surface area (Å²) in [6.45, 7) is 8.23. The highest BCUT2D eigenvalue weighted by atomic mass is 16.3. The lowest BCUT2D eigenvalue weighted by Gasteiger charge is -2.08. The van der Waals surface area contributed by atoms with Gasteiger partial charge in [0.05, 0.1) is 6.54 Å². The highest BCUT2D eigenvalue weighted by Crippen LogP contribution is 2.27. The van der Waals surface area contributed by atoms with Crippen LogP contribution < -0.4 is 5.32 Å². The van der Waals surface area contributed by atoms with Crippen LogP contribution in [-0.4, -0.2) is 6.54 Å². The maximum Gasteiger partial charge on any atom is 0.134 e. The molecule has 0 aliphatic heterocycles. The van der Waals surface area contributed by atoms with Crippen LogP contribution >= 0.6 is 0 Å². The highest BCUT2D eigenvalue weighted by molar-refractivity contribution is 5.63. The third-order valence-corrected chi connectivity index (χ3v) is 3.44. The lowest BCUT2D eigenvalue weighted by atomic mass is 9.99. The largest absolute Gasteiger partial charge is 0.460 e. The average molecular weight is 257 g/mol. The number of benzene rings is 1. The summed E-state index contributed by atoms with van der Waals surface area (Å²) in [4.78, 5) is 0. The van der Waals surface area contributed by atoms with Crippen molar-refractivity contribution in [3.63, 3.8) is 0 Å². The van der Waals surface area contributed by atoms with Crippen molar-refractivity contribution < 1.29 is 4.42 Å². The molecule has 0 amide bonds. The fourth-order valence-corrected chi connectivity index (χ4v) is 2.25. The number of aryl methyl sites for hydroxylation is 2. The zero-order valence-electron chi connectivity index (χ0n) is 12.1. The van der Waals surface area contributed by atoms with Gasteiger partial charge in [0, 0.05) is 5.56 Å². The van der Waals surface area contributed by atoms with E-state index in [1.165, 1.54) is 16.7 Å². The van der Waals surface area contributed by atoms with Gasteiger partial charge in [-0.25, -0.2) is 0 Å². The van der Waals surface area contributed by atoms with Crippen LogP contribution in [0.4, 0.5) is 0 Å². The minimum atomic E-state index is 0.797. The summed E-state index contributed by atoms with van der Waals surface area (Å²) in [6, 6.07) is 10.8. The molecule has 2 aromatic rings. The first-order valence-electron chi connectivity index (χ1n) is 7.20. The summed E-state index contributed by atoms with van der Waals surface area (Å²) in [5.74, 6) is 1.99. The van der Waals surface area contributed by atoms with Gasteiger partial charge in [-0.05, 0) is 48.7 Å². The van der Waals surface area contributed by atoms with E-state index in [0.717, 1.165) is 37.5 Å². The molecule has 1 N–H and O–H groups in total. The van der Waals surface area contributed by atoms with E-state index in [2.05, 4.69) is 56.4 Å². The molecule has 0 radical (unpaired) electrons. The summed E-state index contributed by atoms with van der Waals surface area (Å²) < 4.78 is 5.95. The quantitative estimate of drug-likeness (QED) is 0.839. The molecule has 102 valence electrons. The molecular weight excluding hydrogens is 234 g/mol. The van der Waals surface area contributed by atoms with Gasteiger partial charge in [0.25, 0.3) is 0 Å². The van der Waals surface area contributed by atoms with Crippen LogP contribution in [0.2, 0.25) is 0 Å². The van der Waals surface area contributed by atoms with Crippen LogP contribution in [0.5, 0.6) is 0 Å². The van der Waals surface area contributed by atoms with Gasteiger partial charge >= 0.3 is 0 Å². The Hall–Kier alpha value is -1.54. The third-order valence-electron chi connectivity index (χ3n) is 3.44. The van der Waals surface area contributed by atoms with Gasteiger partial charge in [0.15, 0.2) is 0 Å². The molecule has 0 spiro atoms. The number of furan rings is 1. The average Bonchev–Trinajstić information content (AvgIpc) is 2.93. The second kappa shape index (κ2) is 6.58. The van der Waals surface area contributed by atoms with Crippen LogP contribution in [0.25, 0.3) is 11.3 Å². The molecule has 0 aliphatic carbocycles. The molecule has 0 saturated carbocycles. The van der Waals surface area contributed by atoms with Crippen molar-refractivity contribution in [2.24, 2.45) is 0 Å². The van der Waals surface area contributed by atoms with Crippen molar-refractivity contribution in [3.8, 4) is 11.3 Å². The number of hydrogen-bond donors (Lipinski definition) is 1. The smallest absolute Gasteiger partial charge is 0.134 e. The molecule has 2 rings (SSSR count). The Bertz CT molecular complexity index is 528. The van der Waals surface area contributed by atoms with E-state index in [-0.39, 0.29) is 0 Å². The normalized spacial score (nSPS) is 10.9. The van der Waals surface area contributed by atoms with Gasteiger partial charge in [0.1, 0.15) is 11.5 Å². The zero-order valence-corrected chi connectivity index (χ0v) is 12.1. The first kappa shape index (κ1) is 13.9. The molecule has 1 aromatic heterocycles. The van der Waals surface area contributed by atoms with E-state index in [4.69, 9.17) is 4.42 Å². The standard InChI is InChI=1S/C17H23NO/c1-4-13-7-8-14(5-2)16(11-13)17-10-9-15(19-17)12-18-6-3/h7-11,18H,4-6,12H2,1-3H3. The molecule has 2 nitrogen and oxygen atoms in total. The second-order valence-corrected chi connectivity index (χ2v) is 4.74.